The SMILES string of the molecule is CCCS(=O)c1nnc(C(Cl)Cl)s1. The Hall–Kier alpha value is 0.290. The molecule has 0 saturated carbocycles. The fraction of sp³-hybridized carbons (Fsp3) is 0.667. The summed E-state index contributed by atoms with van der Waals surface area (Å²) in [5.41, 5.74) is 0. The molecule has 0 N–H and O–H groups in total. The molecule has 3 nitrogen and oxygen atoms in total. The molecule has 0 spiro atoms. The average Bonchev–Trinajstić information content (AvgIpc) is 2.52. The van der Waals surface area contributed by atoms with Crippen LogP contribution in [0.1, 0.15) is 23.2 Å². The van der Waals surface area contributed by atoms with Gasteiger partial charge in [0.05, 0.1) is 10.8 Å². The van der Waals surface area contributed by atoms with Gasteiger partial charge < -0.3 is 0 Å². The van der Waals surface area contributed by atoms with Crippen LogP contribution in [0.5, 0.6) is 0 Å². The molecule has 0 radical (unpaired) electrons. The lowest BCUT2D eigenvalue weighted by Crippen LogP contribution is -1.95. The van der Waals surface area contributed by atoms with Gasteiger partial charge in [0.25, 0.3) is 0 Å². The molecule has 0 saturated heterocycles. The molecule has 74 valence electrons. The number of halogens is 2. The highest BCUT2D eigenvalue weighted by Gasteiger charge is 2.14. The van der Waals surface area contributed by atoms with E-state index < -0.39 is 15.6 Å². The van der Waals surface area contributed by atoms with E-state index in [1.165, 1.54) is 11.3 Å². The highest BCUT2D eigenvalue weighted by atomic mass is 35.5. The topological polar surface area (TPSA) is 42.9 Å². The third-order valence-electron chi connectivity index (χ3n) is 1.19. The largest absolute Gasteiger partial charge is 0.252 e. The standard InChI is InChI=1S/C6H8Cl2N2OS2/c1-2-3-13(11)6-10-9-5(12-6)4(7)8/h4H,2-3H2,1H3. The van der Waals surface area contributed by atoms with Crippen molar-refractivity contribution in [2.75, 3.05) is 5.75 Å². The molecule has 1 heterocycles. The summed E-state index contributed by atoms with van der Waals surface area (Å²) in [7, 11) is -1.05. The van der Waals surface area contributed by atoms with E-state index in [4.69, 9.17) is 23.2 Å². The highest BCUT2D eigenvalue weighted by molar-refractivity contribution is 7.87. The summed E-state index contributed by atoms with van der Waals surface area (Å²) in [5, 5.41) is 7.99. The van der Waals surface area contributed by atoms with Gasteiger partial charge in [0.15, 0.2) is 9.84 Å². The van der Waals surface area contributed by atoms with Crippen molar-refractivity contribution in [2.24, 2.45) is 0 Å². The molecule has 0 aliphatic rings. The summed E-state index contributed by atoms with van der Waals surface area (Å²) in [6, 6.07) is 0. The Balaban J connectivity index is 2.73. The minimum Gasteiger partial charge on any atom is -0.252 e. The van der Waals surface area contributed by atoms with E-state index in [0.29, 0.717) is 15.1 Å². The van der Waals surface area contributed by atoms with Crippen LogP contribution in [0.25, 0.3) is 0 Å². The summed E-state index contributed by atoms with van der Waals surface area (Å²) >= 11 is 12.3. The van der Waals surface area contributed by atoms with Crippen LogP contribution in [0.4, 0.5) is 0 Å². The Morgan fingerprint density at radius 1 is 1.54 bits per heavy atom. The molecule has 1 aromatic rings. The first kappa shape index (κ1) is 11.4. The van der Waals surface area contributed by atoms with Crippen LogP contribution >= 0.6 is 34.5 Å². The molecular formula is C6H8Cl2N2OS2. The summed E-state index contributed by atoms with van der Waals surface area (Å²) in [4.78, 5) is -0.676. The van der Waals surface area contributed by atoms with Gasteiger partial charge >= 0.3 is 0 Å². The van der Waals surface area contributed by atoms with Gasteiger partial charge in [-0.15, -0.1) is 10.2 Å². The van der Waals surface area contributed by atoms with Gasteiger partial charge in [-0.05, 0) is 6.42 Å². The van der Waals surface area contributed by atoms with Gasteiger partial charge in [-0.3, -0.25) is 4.21 Å². The van der Waals surface area contributed by atoms with Crippen molar-refractivity contribution in [1.82, 2.24) is 10.2 Å². The number of rotatable bonds is 4. The van der Waals surface area contributed by atoms with E-state index in [0.717, 1.165) is 6.42 Å². The van der Waals surface area contributed by atoms with E-state index in [-0.39, 0.29) is 0 Å². The lowest BCUT2D eigenvalue weighted by molar-refractivity contribution is 0.680. The Morgan fingerprint density at radius 2 is 2.23 bits per heavy atom. The lowest BCUT2D eigenvalue weighted by Gasteiger charge is -1.91. The van der Waals surface area contributed by atoms with E-state index in [9.17, 15) is 4.21 Å². The maximum atomic E-state index is 11.4. The first-order valence-electron chi connectivity index (χ1n) is 3.65. The molecule has 0 aromatic carbocycles. The van der Waals surface area contributed by atoms with Crippen LogP contribution in [-0.4, -0.2) is 20.2 Å². The first-order valence-corrected chi connectivity index (χ1v) is 6.66. The Kier molecular flexibility index (Phi) is 4.58. The quantitative estimate of drug-likeness (QED) is 0.780. The predicted molar refractivity (Wildman–Crippen MR) is 55.9 cm³/mol. The van der Waals surface area contributed by atoms with E-state index in [2.05, 4.69) is 10.2 Å². The zero-order valence-corrected chi connectivity index (χ0v) is 10.0. The number of aromatic nitrogens is 2. The fourth-order valence-electron chi connectivity index (χ4n) is 0.673. The molecule has 0 amide bonds. The summed E-state index contributed by atoms with van der Waals surface area (Å²) in [6.45, 7) is 1.96. The normalized spacial score (nSPS) is 13.5. The number of nitrogens with zero attached hydrogens (tertiary/aromatic N) is 2. The minimum absolute atomic E-state index is 0.503. The Labute approximate surface area is 92.9 Å². The molecule has 1 rings (SSSR count). The summed E-state index contributed by atoms with van der Waals surface area (Å²) in [6.07, 6.45) is 0.854. The molecular weight excluding hydrogens is 251 g/mol. The lowest BCUT2D eigenvalue weighted by atomic mass is 10.6. The van der Waals surface area contributed by atoms with Crippen molar-refractivity contribution in [3.63, 3.8) is 0 Å². The zero-order valence-electron chi connectivity index (χ0n) is 6.87. The minimum atomic E-state index is -1.05. The van der Waals surface area contributed by atoms with Gasteiger partial charge in [0, 0.05) is 5.75 Å². The molecule has 0 bridgehead atoms. The second-order valence-corrected chi connectivity index (χ2v) is 6.11. The van der Waals surface area contributed by atoms with Crippen LogP contribution < -0.4 is 0 Å². The molecule has 13 heavy (non-hydrogen) atoms. The van der Waals surface area contributed by atoms with Crippen molar-refractivity contribution in [2.45, 2.75) is 22.5 Å². The van der Waals surface area contributed by atoms with E-state index in [1.807, 2.05) is 6.92 Å². The Bertz CT molecular complexity index is 303. The molecule has 0 aliphatic carbocycles. The van der Waals surface area contributed by atoms with E-state index in [1.54, 1.807) is 0 Å². The van der Waals surface area contributed by atoms with Crippen LogP contribution in [0, 0.1) is 0 Å². The average molecular weight is 259 g/mol. The monoisotopic (exact) mass is 258 g/mol. The zero-order chi connectivity index (χ0) is 9.84. The second kappa shape index (κ2) is 5.24. The predicted octanol–water partition coefficient (Wildman–Crippen LogP) is 2.53. The number of hydrogen-bond acceptors (Lipinski definition) is 4. The smallest absolute Gasteiger partial charge is 0.204 e. The molecule has 1 unspecified atom stereocenters. The van der Waals surface area contributed by atoms with Crippen molar-refractivity contribution in [3.8, 4) is 0 Å². The molecule has 0 aliphatic heterocycles. The van der Waals surface area contributed by atoms with Gasteiger partial charge in [-0.2, -0.15) is 0 Å². The van der Waals surface area contributed by atoms with Gasteiger partial charge in [0.2, 0.25) is 4.34 Å². The first-order chi connectivity index (χ1) is 6.15. The highest BCUT2D eigenvalue weighted by Crippen LogP contribution is 2.28. The van der Waals surface area contributed by atoms with Gasteiger partial charge in [-0.1, -0.05) is 41.5 Å². The third-order valence-corrected chi connectivity index (χ3v) is 4.71. The van der Waals surface area contributed by atoms with Crippen LogP contribution in [0.2, 0.25) is 0 Å². The molecule has 7 heteroatoms. The molecule has 1 aromatic heterocycles. The summed E-state index contributed by atoms with van der Waals surface area (Å²) in [5.74, 6) is 0.601. The van der Waals surface area contributed by atoms with Gasteiger partial charge in [0.1, 0.15) is 0 Å². The molecule has 0 fully saturated rings. The van der Waals surface area contributed by atoms with Crippen molar-refractivity contribution < 1.29 is 4.21 Å². The second-order valence-electron chi connectivity index (χ2n) is 2.26. The Morgan fingerprint density at radius 3 is 2.69 bits per heavy atom. The van der Waals surface area contributed by atoms with Crippen molar-refractivity contribution in [3.05, 3.63) is 5.01 Å². The molecule has 1 atom stereocenters. The number of hydrogen-bond donors (Lipinski definition) is 0. The van der Waals surface area contributed by atoms with Gasteiger partial charge in [-0.25, -0.2) is 0 Å². The van der Waals surface area contributed by atoms with Crippen LogP contribution in [0.3, 0.4) is 0 Å². The van der Waals surface area contributed by atoms with E-state index >= 15 is 0 Å². The van der Waals surface area contributed by atoms with Crippen LogP contribution in [0.15, 0.2) is 4.34 Å². The third kappa shape index (κ3) is 3.16. The summed E-state index contributed by atoms with van der Waals surface area (Å²) < 4.78 is 11.9. The van der Waals surface area contributed by atoms with Crippen LogP contribution in [-0.2, 0) is 10.8 Å². The maximum absolute atomic E-state index is 11.4. The van der Waals surface area contributed by atoms with Crippen molar-refractivity contribution >= 4 is 45.3 Å². The fourth-order valence-corrected chi connectivity index (χ4v) is 3.01. The number of alkyl halides is 2. The van der Waals surface area contributed by atoms with Crippen molar-refractivity contribution in [1.29, 1.82) is 0 Å². The maximum Gasteiger partial charge on any atom is 0.204 e.